The molecule has 6 atom stereocenters. The summed E-state index contributed by atoms with van der Waals surface area (Å²) in [6.45, 7) is 1.86. The minimum Gasteiger partial charge on any atom is -0.508 e. The number of nitrogens with one attached hydrogen (secondary N) is 1. The number of phenolic OH excluding ortho intramolecular Hbond substituents is 1. The van der Waals surface area contributed by atoms with Crippen LogP contribution in [0.1, 0.15) is 42.4 Å². The number of methoxy groups -OCH3 is 2. The van der Waals surface area contributed by atoms with Gasteiger partial charge in [-0.2, -0.15) is 18.2 Å². The molecule has 1 saturated carbocycles. The quantitative estimate of drug-likeness (QED) is 0.215. The number of carbonyl (C=O) groups is 4. The number of fused-ring (bicyclic) bond motifs is 4. The summed E-state index contributed by atoms with van der Waals surface area (Å²) < 4.78 is 51.9. The molecule has 2 aliphatic heterocycles. The third-order valence-electron chi connectivity index (χ3n) is 10.8. The number of allylic oxidation sites excluding steroid dienone is 2. The molecule has 52 heavy (non-hydrogen) atoms. The van der Waals surface area contributed by atoms with Crippen LogP contribution in [-0.2, 0) is 30.8 Å². The van der Waals surface area contributed by atoms with Gasteiger partial charge in [-0.1, -0.05) is 47.0 Å². The molecule has 3 aromatic rings. The van der Waals surface area contributed by atoms with Crippen LogP contribution in [0.25, 0.3) is 0 Å². The van der Waals surface area contributed by atoms with E-state index < -0.39 is 63.6 Å². The Bertz CT molecular complexity index is 2030. The SMILES string of the molecule is CCN1C(=O)C2CC=C3C(CC4C(=O)N(Nc5ncc(C(F)(F)F)cc5Cl)C(=O)C4(c4ccc(Cl)cc4)C3c3c(OC)cc(O)cc3OC)C2C1=O. The molecule has 3 heterocycles. The summed E-state index contributed by atoms with van der Waals surface area (Å²) in [5.41, 5.74) is 0.857. The molecular weight excluding hydrogens is 728 g/mol. The fraction of sp³-hybridized carbons (Fsp3) is 0.361. The summed E-state index contributed by atoms with van der Waals surface area (Å²) in [6, 6.07) is 9.63. The predicted molar refractivity (Wildman–Crippen MR) is 180 cm³/mol. The number of anilines is 1. The molecule has 3 fully saturated rings. The minimum absolute atomic E-state index is 0.0532. The summed E-state index contributed by atoms with van der Waals surface area (Å²) in [6.07, 6.45) is -2.28. The Morgan fingerprint density at radius 2 is 1.63 bits per heavy atom. The number of halogens is 5. The topological polar surface area (TPSA) is 138 Å². The maximum atomic E-state index is 15.3. The van der Waals surface area contributed by atoms with Gasteiger partial charge in [-0.3, -0.25) is 29.5 Å². The van der Waals surface area contributed by atoms with Crippen molar-refractivity contribution in [3.05, 3.63) is 87.0 Å². The van der Waals surface area contributed by atoms with Crippen LogP contribution in [0.5, 0.6) is 17.2 Å². The summed E-state index contributed by atoms with van der Waals surface area (Å²) in [5, 5.41) is 11.2. The van der Waals surface area contributed by atoms with Gasteiger partial charge < -0.3 is 14.6 Å². The monoisotopic (exact) mass is 758 g/mol. The maximum absolute atomic E-state index is 15.3. The highest BCUT2D eigenvalue weighted by molar-refractivity contribution is 6.33. The lowest BCUT2D eigenvalue weighted by Gasteiger charge is -2.51. The van der Waals surface area contributed by atoms with Gasteiger partial charge in [0, 0.05) is 41.4 Å². The molecule has 2 N–H and O–H groups in total. The van der Waals surface area contributed by atoms with Crippen LogP contribution in [0.15, 0.2) is 60.3 Å². The standard InChI is InChI=1S/C36H31Cl2F3N4O7/c1-4-44-31(47)21-10-9-20-22(27(21)33(44)49)14-23-32(48)45(43-30-24(38)11-17(15-42-30)36(39,40)41)34(50)35(23,16-5-7-18(37)8-6-16)29(20)28-25(51-2)12-19(46)13-26(28)52-3/h5-9,11-13,15,21-23,27,29,46H,4,10,14H2,1-3H3,(H,42,43). The van der Waals surface area contributed by atoms with E-state index in [1.165, 1.54) is 31.3 Å². The highest BCUT2D eigenvalue weighted by atomic mass is 35.5. The number of nitrogens with zero attached hydrogens (tertiary/aromatic N) is 3. The Kier molecular flexibility index (Phi) is 8.68. The van der Waals surface area contributed by atoms with E-state index in [9.17, 15) is 32.7 Å². The van der Waals surface area contributed by atoms with Crippen LogP contribution in [0, 0.1) is 23.7 Å². The van der Waals surface area contributed by atoms with Crippen molar-refractivity contribution < 1.29 is 46.9 Å². The van der Waals surface area contributed by atoms with Crippen LogP contribution in [0.4, 0.5) is 19.0 Å². The number of aromatic nitrogens is 1. The highest BCUT2D eigenvalue weighted by Crippen LogP contribution is 2.66. The predicted octanol–water partition coefficient (Wildman–Crippen LogP) is 6.13. The number of rotatable bonds is 7. The first-order valence-electron chi connectivity index (χ1n) is 16.3. The number of imide groups is 2. The molecule has 6 unspecified atom stereocenters. The van der Waals surface area contributed by atoms with Crippen molar-refractivity contribution in [1.29, 1.82) is 0 Å². The molecule has 4 aliphatic rings. The van der Waals surface area contributed by atoms with Crippen LogP contribution < -0.4 is 14.9 Å². The zero-order valence-electron chi connectivity index (χ0n) is 27.8. The Morgan fingerprint density at radius 1 is 0.981 bits per heavy atom. The Balaban J connectivity index is 1.49. The number of likely N-dealkylation sites (tertiary alicyclic amines) is 1. The second-order valence-corrected chi connectivity index (χ2v) is 13.9. The van der Waals surface area contributed by atoms with Crippen LogP contribution >= 0.6 is 23.2 Å². The van der Waals surface area contributed by atoms with Crippen molar-refractivity contribution in [3.63, 3.8) is 0 Å². The summed E-state index contributed by atoms with van der Waals surface area (Å²) in [5.74, 6) is -7.25. The molecule has 0 spiro atoms. The molecule has 272 valence electrons. The highest BCUT2D eigenvalue weighted by Gasteiger charge is 2.71. The summed E-state index contributed by atoms with van der Waals surface area (Å²) in [7, 11) is 2.73. The normalized spacial score (nSPS) is 26.9. The molecule has 4 amide bonds. The average molecular weight is 760 g/mol. The third-order valence-corrected chi connectivity index (χ3v) is 11.3. The molecule has 2 aromatic carbocycles. The van der Waals surface area contributed by atoms with E-state index >= 15 is 4.79 Å². The molecule has 1 aromatic heterocycles. The third kappa shape index (κ3) is 5.12. The van der Waals surface area contributed by atoms with E-state index in [1.807, 2.05) is 6.08 Å². The molecule has 0 radical (unpaired) electrons. The number of alkyl halides is 3. The smallest absolute Gasteiger partial charge is 0.417 e. The van der Waals surface area contributed by atoms with Crippen LogP contribution in [0.3, 0.4) is 0 Å². The van der Waals surface area contributed by atoms with Crippen molar-refractivity contribution in [2.24, 2.45) is 23.7 Å². The Morgan fingerprint density at radius 3 is 2.21 bits per heavy atom. The first kappa shape index (κ1) is 35.6. The number of amides is 4. The number of hydrazine groups is 1. The van der Waals surface area contributed by atoms with Gasteiger partial charge in [0.25, 0.3) is 11.8 Å². The van der Waals surface area contributed by atoms with Gasteiger partial charge in [0.05, 0.1) is 48.0 Å². The first-order valence-corrected chi connectivity index (χ1v) is 17.1. The minimum atomic E-state index is -4.76. The molecule has 0 bridgehead atoms. The van der Waals surface area contributed by atoms with E-state index in [0.717, 1.165) is 0 Å². The van der Waals surface area contributed by atoms with Gasteiger partial charge in [0.1, 0.15) is 17.2 Å². The molecule has 16 heteroatoms. The van der Waals surface area contributed by atoms with Crippen LogP contribution in [-0.4, -0.2) is 64.4 Å². The molecule has 2 saturated heterocycles. The van der Waals surface area contributed by atoms with Crippen molar-refractivity contribution in [2.45, 2.75) is 37.3 Å². The fourth-order valence-corrected chi connectivity index (χ4v) is 9.02. The zero-order chi connectivity index (χ0) is 37.4. The van der Waals surface area contributed by atoms with E-state index in [4.69, 9.17) is 32.7 Å². The number of hydrogen-bond acceptors (Lipinski definition) is 9. The van der Waals surface area contributed by atoms with Crippen LogP contribution in [0.2, 0.25) is 10.0 Å². The fourth-order valence-electron chi connectivity index (χ4n) is 8.68. The second kappa shape index (κ2) is 12.7. The van der Waals surface area contributed by atoms with Crippen molar-refractivity contribution in [2.75, 3.05) is 26.2 Å². The molecular formula is C36H31Cl2F3N4O7. The summed E-state index contributed by atoms with van der Waals surface area (Å²) in [4.78, 5) is 62.5. The average Bonchev–Trinajstić information content (AvgIpc) is 3.48. The van der Waals surface area contributed by atoms with Gasteiger partial charge in [0.2, 0.25) is 11.8 Å². The number of ether oxygens (including phenoxy) is 2. The Labute approximate surface area is 305 Å². The number of hydrogen-bond donors (Lipinski definition) is 2. The van der Waals surface area contributed by atoms with E-state index in [-0.39, 0.29) is 59.8 Å². The second-order valence-electron chi connectivity index (χ2n) is 13.1. The van der Waals surface area contributed by atoms with E-state index in [0.29, 0.717) is 33.4 Å². The molecule has 7 rings (SSSR count). The number of aromatic hydroxyl groups is 1. The molecule has 2 aliphatic carbocycles. The zero-order valence-corrected chi connectivity index (χ0v) is 29.3. The molecule has 11 nitrogen and oxygen atoms in total. The first-order chi connectivity index (χ1) is 24.7. The van der Waals surface area contributed by atoms with Crippen molar-refractivity contribution in [1.82, 2.24) is 14.9 Å². The van der Waals surface area contributed by atoms with Crippen molar-refractivity contribution >= 4 is 52.6 Å². The van der Waals surface area contributed by atoms with Gasteiger partial charge in [-0.25, -0.2) is 4.98 Å². The van der Waals surface area contributed by atoms with E-state index in [1.54, 1.807) is 31.2 Å². The largest absolute Gasteiger partial charge is 0.508 e. The summed E-state index contributed by atoms with van der Waals surface area (Å²) >= 11 is 12.6. The Hall–Kier alpha value is -4.82. The number of benzene rings is 2. The lowest BCUT2D eigenvalue weighted by Crippen LogP contribution is -2.53. The number of pyridine rings is 1. The van der Waals surface area contributed by atoms with Gasteiger partial charge in [0.15, 0.2) is 5.82 Å². The lowest BCUT2D eigenvalue weighted by molar-refractivity contribution is -0.141. The number of carbonyl (C=O) groups excluding carboxylic acids is 4. The van der Waals surface area contributed by atoms with Gasteiger partial charge in [-0.15, -0.1) is 0 Å². The van der Waals surface area contributed by atoms with E-state index in [2.05, 4.69) is 10.4 Å². The van der Waals surface area contributed by atoms with Gasteiger partial charge in [-0.05, 0) is 49.4 Å². The van der Waals surface area contributed by atoms with Gasteiger partial charge >= 0.3 is 6.18 Å². The number of phenols is 1. The lowest BCUT2D eigenvalue weighted by atomic mass is 9.49. The van der Waals surface area contributed by atoms with Crippen molar-refractivity contribution in [3.8, 4) is 17.2 Å². The maximum Gasteiger partial charge on any atom is 0.417 e.